The molecule has 0 bridgehead atoms. The third kappa shape index (κ3) is 3.69. The van der Waals surface area contributed by atoms with Crippen molar-refractivity contribution in [2.45, 2.75) is 51.8 Å². The molecule has 0 spiro atoms. The lowest BCUT2D eigenvalue weighted by Crippen LogP contribution is -2.16. The molecular formula is C22H26ClFO. The molecule has 3 rings (SSSR count). The normalized spacial score (nSPS) is 19.2. The molecule has 0 N–H and O–H groups in total. The second-order valence-electron chi connectivity index (χ2n) is 7.56. The lowest BCUT2D eigenvalue weighted by atomic mass is 9.75. The lowest BCUT2D eigenvalue weighted by Gasteiger charge is -2.30. The summed E-state index contributed by atoms with van der Waals surface area (Å²) in [6, 6.07) is 11.2. The van der Waals surface area contributed by atoms with Gasteiger partial charge in [0.05, 0.1) is 6.61 Å². The largest absolute Gasteiger partial charge is 0.494 e. The number of hydrogen-bond acceptors (Lipinski definition) is 1. The Bertz CT molecular complexity index is 754. The summed E-state index contributed by atoms with van der Waals surface area (Å²) < 4.78 is 20.2. The van der Waals surface area contributed by atoms with Gasteiger partial charge < -0.3 is 4.74 Å². The maximum atomic E-state index is 14.7. The summed E-state index contributed by atoms with van der Waals surface area (Å²) in [7, 11) is 0. The fourth-order valence-corrected chi connectivity index (χ4v) is 4.27. The number of hydrogen-bond donors (Lipinski definition) is 0. The van der Waals surface area contributed by atoms with E-state index in [0.717, 1.165) is 17.5 Å². The molecule has 0 aromatic heterocycles. The second-order valence-corrected chi connectivity index (χ2v) is 7.83. The van der Waals surface area contributed by atoms with Crippen molar-refractivity contribution in [1.29, 1.82) is 0 Å². The van der Waals surface area contributed by atoms with E-state index in [2.05, 4.69) is 19.9 Å². The first-order valence-electron chi connectivity index (χ1n) is 9.07. The molecule has 1 fully saturated rings. The number of halogens is 2. The molecule has 2 aromatic rings. The monoisotopic (exact) mass is 360 g/mol. The zero-order chi connectivity index (χ0) is 18.0. The van der Waals surface area contributed by atoms with Gasteiger partial charge >= 0.3 is 0 Å². The molecule has 0 aliphatic heterocycles. The Balaban J connectivity index is 2.15. The van der Waals surface area contributed by atoms with Gasteiger partial charge in [-0.25, -0.2) is 4.39 Å². The summed E-state index contributed by atoms with van der Waals surface area (Å²) >= 11 is 6.08. The van der Waals surface area contributed by atoms with Crippen LogP contribution in [0.1, 0.15) is 57.1 Å². The van der Waals surface area contributed by atoms with Crippen molar-refractivity contribution < 1.29 is 9.13 Å². The summed E-state index contributed by atoms with van der Waals surface area (Å²) in [6.07, 6.45) is 3.55. The highest BCUT2D eigenvalue weighted by molar-refractivity contribution is 6.17. The van der Waals surface area contributed by atoms with E-state index in [1.807, 2.05) is 25.1 Å². The Morgan fingerprint density at radius 1 is 1.16 bits per heavy atom. The maximum absolute atomic E-state index is 14.7. The molecule has 2 aromatic carbocycles. The maximum Gasteiger partial charge on any atom is 0.131 e. The third-order valence-electron chi connectivity index (χ3n) is 5.44. The number of alkyl halides is 1. The van der Waals surface area contributed by atoms with Crippen molar-refractivity contribution in [3.63, 3.8) is 0 Å². The van der Waals surface area contributed by atoms with Gasteiger partial charge in [-0.2, -0.15) is 0 Å². The van der Waals surface area contributed by atoms with E-state index in [4.69, 9.17) is 16.3 Å². The topological polar surface area (TPSA) is 9.23 Å². The van der Waals surface area contributed by atoms with Gasteiger partial charge in [-0.1, -0.05) is 38.5 Å². The van der Waals surface area contributed by atoms with E-state index < -0.39 is 0 Å². The highest BCUT2D eigenvalue weighted by Gasteiger charge is 2.37. The van der Waals surface area contributed by atoms with E-state index in [1.54, 1.807) is 6.07 Å². The van der Waals surface area contributed by atoms with Gasteiger partial charge in [0.25, 0.3) is 0 Å². The first kappa shape index (κ1) is 18.3. The number of benzene rings is 2. The van der Waals surface area contributed by atoms with Gasteiger partial charge in [0, 0.05) is 11.4 Å². The molecule has 1 aliphatic carbocycles. The standard InChI is InChI=1S/C22H26ClFO/c1-4-25-16-8-10-21(24)19(13-16)17-9-7-15(14-23)12-18(17)20-6-5-11-22(20,2)3/h7-10,12-13,20H,4-6,11,14H2,1-3H3. The number of ether oxygens (including phenoxy) is 1. The predicted molar refractivity (Wildman–Crippen MR) is 103 cm³/mol. The van der Waals surface area contributed by atoms with Crippen LogP contribution in [0, 0.1) is 11.2 Å². The molecule has 1 aliphatic rings. The van der Waals surface area contributed by atoms with Crippen LogP contribution < -0.4 is 4.74 Å². The minimum atomic E-state index is -0.209. The molecule has 134 valence electrons. The van der Waals surface area contributed by atoms with Crippen LogP contribution >= 0.6 is 11.6 Å². The van der Waals surface area contributed by atoms with Crippen LogP contribution in [0.5, 0.6) is 5.75 Å². The van der Waals surface area contributed by atoms with Crippen LogP contribution in [0.3, 0.4) is 0 Å². The lowest BCUT2D eigenvalue weighted by molar-refractivity contribution is 0.332. The first-order valence-corrected chi connectivity index (χ1v) is 9.61. The SMILES string of the molecule is CCOc1ccc(F)c(-c2ccc(CCl)cc2C2CCCC2(C)C)c1. The molecule has 0 radical (unpaired) electrons. The van der Waals surface area contributed by atoms with Crippen molar-refractivity contribution in [3.05, 3.63) is 53.3 Å². The zero-order valence-corrected chi connectivity index (χ0v) is 16.0. The van der Waals surface area contributed by atoms with Gasteiger partial charge in [0.15, 0.2) is 0 Å². The molecular weight excluding hydrogens is 335 g/mol. The van der Waals surface area contributed by atoms with Crippen LogP contribution in [-0.2, 0) is 5.88 Å². The second kappa shape index (κ2) is 7.37. The van der Waals surface area contributed by atoms with Crippen LogP contribution in [0.4, 0.5) is 4.39 Å². The smallest absolute Gasteiger partial charge is 0.131 e. The van der Waals surface area contributed by atoms with Crippen molar-refractivity contribution in [2.24, 2.45) is 5.41 Å². The fraction of sp³-hybridized carbons (Fsp3) is 0.455. The minimum Gasteiger partial charge on any atom is -0.494 e. The summed E-state index contributed by atoms with van der Waals surface area (Å²) in [6.45, 7) is 7.13. The Kier molecular flexibility index (Phi) is 5.38. The van der Waals surface area contributed by atoms with E-state index in [0.29, 0.717) is 29.7 Å². The van der Waals surface area contributed by atoms with Crippen molar-refractivity contribution in [3.8, 4) is 16.9 Å². The summed E-state index contributed by atoms with van der Waals surface area (Å²) in [5, 5.41) is 0. The Morgan fingerprint density at radius 3 is 2.60 bits per heavy atom. The van der Waals surface area contributed by atoms with Gasteiger partial charge in [0.1, 0.15) is 11.6 Å². The Morgan fingerprint density at radius 2 is 1.96 bits per heavy atom. The van der Waals surface area contributed by atoms with Crippen molar-refractivity contribution in [2.75, 3.05) is 6.61 Å². The minimum absolute atomic E-state index is 0.209. The summed E-state index contributed by atoms with van der Waals surface area (Å²) in [5.74, 6) is 1.39. The Hall–Kier alpha value is -1.54. The molecule has 3 heteroatoms. The first-order chi connectivity index (χ1) is 12.0. The van der Waals surface area contributed by atoms with E-state index in [-0.39, 0.29) is 11.2 Å². The molecule has 1 saturated carbocycles. The molecule has 25 heavy (non-hydrogen) atoms. The van der Waals surface area contributed by atoms with Crippen molar-refractivity contribution >= 4 is 11.6 Å². The summed E-state index contributed by atoms with van der Waals surface area (Å²) in [4.78, 5) is 0. The van der Waals surface area contributed by atoms with Gasteiger partial charge in [-0.15, -0.1) is 11.6 Å². The fourth-order valence-electron chi connectivity index (χ4n) is 4.10. The molecule has 0 saturated heterocycles. The van der Waals surface area contributed by atoms with E-state index in [9.17, 15) is 4.39 Å². The molecule has 1 unspecified atom stereocenters. The van der Waals surface area contributed by atoms with Crippen molar-refractivity contribution in [1.82, 2.24) is 0 Å². The third-order valence-corrected chi connectivity index (χ3v) is 5.75. The van der Waals surface area contributed by atoms with Gasteiger partial charge in [0.2, 0.25) is 0 Å². The van der Waals surface area contributed by atoms with Gasteiger partial charge in [-0.05, 0) is 66.0 Å². The average molecular weight is 361 g/mol. The zero-order valence-electron chi connectivity index (χ0n) is 15.2. The highest BCUT2D eigenvalue weighted by atomic mass is 35.5. The van der Waals surface area contributed by atoms with Crippen LogP contribution in [0.15, 0.2) is 36.4 Å². The average Bonchev–Trinajstić information content (AvgIpc) is 2.95. The predicted octanol–water partition coefficient (Wildman–Crippen LogP) is 6.92. The molecule has 0 heterocycles. The molecule has 1 atom stereocenters. The van der Waals surface area contributed by atoms with Gasteiger partial charge in [-0.3, -0.25) is 0 Å². The highest BCUT2D eigenvalue weighted by Crippen LogP contribution is 2.51. The quantitative estimate of drug-likeness (QED) is 0.525. The van der Waals surface area contributed by atoms with Crippen LogP contribution in [0.25, 0.3) is 11.1 Å². The number of rotatable bonds is 5. The van der Waals surface area contributed by atoms with E-state index in [1.165, 1.54) is 24.5 Å². The van der Waals surface area contributed by atoms with Crippen LogP contribution in [-0.4, -0.2) is 6.61 Å². The van der Waals surface area contributed by atoms with E-state index >= 15 is 0 Å². The Labute approximate surface area is 155 Å². The molecule has 0 amide bonds. The molecule has 1 nitrogen and oxygen atoms in total. The van der Waals surface area contributed by atoms with Crippen LogP contribution in [0.2, 0.25) is 0 Å². The summed E-state index contributed by atoms with van der Waals surface area (Å²) in [5.41, 5.74) is 4.10.